The predicted octanol–water partition coefficient (Wildman–Crippen LogP) is 4.39. The fraction of sp³-hybridized carbons (Fsp3) is 0.294. The average Bonchev–Trinajstić information content (AvgIpc) is 2.74. The van der Waals surface area contributed by atoms with Gasteiger partial charge in [0, 0.05) is 24.0 Å². The van der Waals surface area contributed by atoms with Crippen LogP contribution >= 0.6 is 15.9 Å². The van der Waals surface area contributed by atoms with E-state index in [1.165, 1.54) is 38.7 Å². The van der Waals surface area contributed by atoms with Gasteiger partial charge < -0.3 is 15.4 Å². The summed E-state index contributed by atoms with van der Waals surface area (Å²) in [6, 6.07) is 2.84. The number of nitrogens with zero attached hydrogens (tertiary/aromatic N) is 1. The molecule has 1 atom stereocenters. The van der Waals surface area contributed by atoms with Gasteiger partial charge in [0.2, 0.25) is 0 Å². The van der Waals surface area contributed by atoms with Gasteiger partial charge in [0.05, 0.1) is 30.4 Å². The van der Waals surface area contributed by atoms with Gasteiger partial charge in [-0.15, -0.1) is 0 Å². The lowest BCUT2D eigenvalue weighted by atomic mass is 10.1. The molecule has 8 heteroatoms. The van der Waals surface area contributed by atoms with E-state index in [0.29, 0.717) is 12.1 Å². The van der Waals surface area contributed by atoms with Crippen LogP contribution in [0.25, 0.3) is 0 Å². The number of carbonyl (C=O) groups excluding carboxylic acids is 1. The molecule has 0 heterocycles. The second-order valence-corrected chi connectivity index (χ2v) is 6.45. The lowest BCUT2D eigenvalue weighted by Gasteiger charge is -2.16. The second kappa shape index (κ2) is 8.75. The fourth-order valence-corrected chi connectivity index (χ4v) is 2.79. The molecule has 0 aliphatic heterocycles. The Morgan fingerprint density at radius 3 is 2.88 bits per heavy atom. The van der Waals surface area contributed by atoms with Gasteiger partial charge >= 0.3 is 5.97 Å². The minimum Gasteiger partial charge on any atom is -0.465 e. The van der Waals surface area contributed by atoms with Crippen LogP contribution in [0, 0.1) is 5.82 Å². The number of carbonyl (C=O) groups is 1. The van der Waals surface area contributed by atoms with E-state index in [0.717, 1.165) is 0 Å². The lowest BCUT2D eigenvalue weighted by Crippen LogP contribution is -2.12. The highest BCUT2D eigenvalue weighted by molar-refractivity contribution is 9.09. The zero-order valence-electron chi connectivity index (χ0n) is 13.8. The van der Waals surface area contributed by atoms with Gasteiger partial charge in [-0.05, 0) is 24.6 Å². The van der Waals surface area contributed by atoms with Crippen molar-refractivity contribution in [1.82, 2.24) is 0 Å². The zero-order chi connectivity index (χ0) is 18.4. The van der Waals surface area contributed by atoms with Gasteiger partial charge in [0.25, 0.3) is 0 Å². The van der Waals surface area contributed by atoms with Crippen LogP contribution in [0.4, 0.5) is 20.2 Å². The third-order valence-corrected chi connectivity index (χ3v) is 4.13. The molecule has 25 heavy (non-hydrogen) atoms. The maximum atomic E-state index is 14.8. The molecular weight excluding hydrogens is 396 g/mol. The molecule has 0 spiro atoms. The highest BCUT2D eigenvalue weighted by atomic mass is 79.9. The first-order valence-electron chi connectivity index (χ1n) is 7.50. The predicted molar refractivity (Wildman–Crippen MR) is 98.6 cm³/mol. The number of aliphatic imine (C=N–C) groups is 1. The summed E-state index contributed by atoms with van der Waals surface area (Å²) in [7, 11) is 2.75. The molecule has 1 unspecified atom stereocenters. The van der Waals surface area contributed by atoms with Gasteiger partial charge in [0.1, 0.15) is 5.83 Å². The summed E-state index contributed by atoms with van der Waals surface area (Å²) in [5, 5.41) is 5.52. The van der Waals surface area contributed by atoms with Gasteiger partial charge in [-0.1, -0.05) is 22.0 Å². The van der Waals surface area contributed by atoms with E-state index in [1.54, 1.807) is 6.08 Å². The molecule has 2 N–H and O–H groups in total. The smallest absolute Gasteiger partial charge is 0.340 e. The van der Waals surface area contributed by atoms with Crippen molar-refractivity contribution < 1.29 is 18.3 Å². The lowest BCUT2D eigenvalue weighted by molar-refractivity contribution is 0.0601. The van der Waals surface area contributed by atoms with Crippen LogP contribution < -0.4 is 10.6 Å². The second-order valence-electron chi connectivity index (χ2n) is 5.27. The van der Waals surface area contributed by atoms with Crippen molar-refractivity contribution >= 4 is 39.6 Å². The Labute approximate surface area is 153 Å². The Morgan fingerprint density at radius 2 is 2.20 bits per heavy atom. The van der Waals surface area contributed by atoms with Crippen molar-refractivity contribution in [2.45, 2.75) is 17.7 Å². The number of hydrogen-bond acceptors (Lipinski definition) is 4. The summed E-state index contributed by atoms with van der Waals surface area (Å²) in [6.45, 7) is 0. The van der Waals surface area contributed by atoms with Gasteiger partial charge in [-0.25, -0.2) is 13.6 Å². The normalized spacial score (nSPS) is 17.6. The summed E-state index contributed by atoms with van der Waals surface area (Å²) in [5.41, 5.74) is 0.530. The molecule has 1 aliphatic carbocycles. The number of anilines is 2. The molecule has 0 radical (unpaired) electrons. The van der Waals surface area contributed by atoms with Crippen LogP contribution in [0.1, 0.15) is 23.2 Å². The number of ether oxygens (including phenoxy) is 1. The number of allylic oxidation sites excluding steroid dienone is 3. The van der Waals surface area contributed by atoms with E-state index in [-0.39, 0.29) is 34.0 Å². The highest BCUT2D eigenvalue weighted by Crippen LogP contribution is 2.31. The Balaban J connectivity index is 2.42. The van der Waals surface area contributed by atoms with Crippen LogP contribution in [0.2, 0.25) is 0 Å². The largest absolute Gasteiger partial charge is 0.465 e. The summed E-state index contributed by atoms with van der Waals surface area (Å²) >= 11 is 3.33. The molecule has 1 aliphatic rings. The van der Waals surface area contributed by atoms with E-state index < -0.39 is 11.8 Å². The number of benzene rings is 1. The SMILES string of the molecule is CN=CNc1ccc(C(=O)OC)c(NC2=CCC(Br)C=C(F)C2)c1F. The van der Waals surface area contributed by atoms with E-state index in [2.05, 4.69) is 31.6 Å². The molecule has 5 nitrogen and oxygen atoms in total. The average molecular weight is 414 g/mol. The van der Waals surface area contributed by atoms with Crippen molar-refractivity contribution in [2.24, 2.45) is 4.99 Å². The molecule has 0 aromatic heterocycles. The number of hydrogen-bond donors (Lipinski definition) is 2. The maximum absolute atomic E-state index is 14.8. The minimum atomic E-state index is -0.694. The van der Waals surface area contributed by atoms with Gasteiger partial charge in [-0.2, -0.15) is 0 Å². The third kappa shape index (κ3) is 4.88. The molecule has 0 saturated heterocycles. The number of nitrogens with one attached hydrogen (secondary N) is 2. The Morgan fingerprint density at radius 1 is 1.44 bits per heavy atom. The van der Waals surface area contributed by atoms with Crippen LogP contribution in [0.5, 0.6) is 0 Å². The molecular formula is C17H18BrF2N3O2. The number of methoxy groups -OCH3 is 1. The van der Waals surface area contributed by atoms with Crippen molar-refractivity contribution in [3.8, 4) is 0 Å². The number of alkyl halides is 1. The standard InChI is InChI=1S/C17H18BrF2N3O2/c1-21-9-22-14-6-5-13(17(24)25-2)16(15(14)20)23-12-4-3-10(18)7-11(19)8-12/h4-7,9-10,23H,3,8H2,1-2H3,(H,21,22). The van der Waals surface area contributed by atoms with E-state index in [9.17, 15) is 13.6 Å². The first kappa shape index (κ1) is 19.1. The van der Waals surface area contributed by atoms with Gasteiger partial charge in [0.15, 0.2) is 5.82 Å². The summed E-state index contributed by atoms with van der Waals surface area (Å²) in [4.78, 5) is 15.5. The Bertz CT molecular complexity index is 748. The first-order valence-corrected chi connectivity index (χ1v) is 8.42. The molecule has 134 valence electrons. The Kier molecular flexibility index (Phi) is 6.69. The monoisotopic (exact) mass is 413 g/mol. The Hall–Kier alpha value is -2.22. The summed E-state index contributed by atoms with van der Waals surface area (Å²) in [5.74, 6) is -1.72. The maximum Gasteiger partial charge on any atom is 0.340 e. The zero-order valence-corrected chi connectivity index (χ0v) is 15.4. The van der Waals surface area contributed by atoms with Crippen molar-refractivity contribution in [3.63, 3.8) is 0 Å². The van der Waals surface area contributed by atoms with Crippen LogP contribution in [0.15, 0.2) is 40.8 Å². The molecule has 0 saturated carbocycles. The van der Waals surface area contributed by atoms with Crippen LogP contribution in [0.3, 0.4) is 0 Å². The molecule has 2 rings (SSSR count). The quantitative estimate of drug-likeness (QED) is 0.325. The van der Waals surface area contributed by atoms with Crippen molar-refractivity contribution in [1.29, 1.82) is 0 Å². The van der Waals surface area contributed by atoms with Gasteiger partial charge in [-0.3, -0.25) is 4.99 Å². The van der Waals surface area contributed by atoms with Crippen LogP contribution in [-0.2, 0) is 4.74 Å². The van der Waals surface area contributed by atoms with E-state index in [1.807, 2.05) is 0 Å². The molecule has 1 aromatic carbocycles. The number of esters is 1. The van der Waals surface area contributed by atoms with Crippen LogP contribution in [-0.4, -0.2) is 31.3 Å². The summed E-state index contributed by atoms with van der Waals surface area (Å²) < 4.78 is 33.4. The molecule has 0 bridgehead atoms. The summed E-state index contributed by atoms with van der Waals surface area (Å²) in [6.07, 6.45) is 5.05. The van der Waals surface area contributed by atoms with Crippen molar-refractivity contribution in [2.75, 3.05) is 24.8 Å². The third-order valence-electron chi connectivity index (χ3n) is 3.49. The highest BCUT2D eigenvalue weighted by Gasteiger charge is 2.21. The number of halogens is 3. The van der Waals surface area contributed by atoms with E-state index >= 15 is 0 Å². The van der Waals surface area contributed by atoms with Crippen molar-refractivity contribution in [3.05, 3.63) is 47.2 Å². The first-order chi connectivity index (χ1) is 12.0. The number of rotatable bonds is 5. The molecule has 0 amide bonds. The fourth-order valence-electron chi connectivity index (χ4n) is 2.31. The minimum absolute atomic E-state index is 0.0175. The molecule has 1 aromatic rings. The topological polar surface area (TPSA) is 62.7 Å². The van der Waals surface area contributed by atoms with E-state index in [4.69, 9.17) is 4.74 Å². The molecule has 0 fully saturated rings.